The van der Waals surface area contributed by atoms with Crippen LogP contribution in [0.15, 0.2) is 40.9 Å². The highest BCUT2D eigenvalue weighted by atomic mass is 79.9. The molecular weight excluding hydrogens is 350 g/mol. The highest BCUT2D eigenvalue weighted by molar-refractivity contribution is 9.10. The third-order valence-corrected chi connectivity index (χ3v) is 3.64. The lowest BCUT2D eigenvalue weighted by Crippen LogP contribution is -2.12. The number of hydrogen-bond acceptors (Lipinski definition) is 4. The van der Waals surface area contributed by atoms with E-state index in [1.807, 2.05) is 0 Å². The Morgan fingerprint density at radius 2 is 1.59 bits per heavy atom. The molecule has 0 radical (unpaired) electrons. The molecule has 5 nitrogen and oxygen atoms in total. The Kier molecular flexibility index (Phi) is 5.27. The van der Waals surface area contributed by atoms with Crippen LogP contribution in [-0.4, -0.2) is 27.2 Å². The second-order valence-corrected chi connectivity index (χ2v) is 5.26. The number of ether oxygens (including phenoxy) is 3. The first kappa shape index (κ1) is 16.2. The largest absolute Gasteiger partial charge is 0.497 e. The van der Waals surface area contributed by atoms with Crippen molar-refractivity contribution < 1.29 is 19.0 Å². The van der Waals surface area contributed by atoms with Gasteiger partial charge in [0.1, 0.15) is 17.2 Å². The molecule has 0 saturated carbocycles. The summed E-state index contributed by atoms with van der Waals surface area (Å²) in [6.45, 7) is 0. The molecule has 0 aliphatic carbocycles. The summed E-state index contributed by atoms with van der Waals surface area (Å²) in [7, 11) is 4.68. The van der Waals surface area contributed by atoms with Crippen LogP contribution in [0.4, 0.5) is 5.69 Å². The molecule has 0 aliphatic heterocycles. The van der Waals surface area contributed by atoms with Crippen molar-refractivity contribution in [1.29, 1.82) is 0 Å². The molecule has 0 bridgehead atoms. The van der Waals surface area contributed by atoms with E-state index >= 15 is 0 Å². The van der Waals surface area contributed by atoms with Gasteiger partial charge in [-0.1, -0.05) is 0 Å². The molecule has 0 aromatic heterocycles. The number of benzene rings is 2. The summed E-state index contributed by atoms with van der Waals surface area (Å²) in [5.41, 5.74) is 1.10. The van der Waals surface area contributed by atoms with Crippen LogP contribution in [-0.2, 0) is 0 Å². The fourth-order valence-electron chi connectivity index (χ4n) is 1.89. The Labute approximate surface area is 137 Å². The average Bonchev–Trinajstić information content (AvgIpc) is 2.54. The highest BCUT2D eigenvalue weighted by Gasteiger charge is 2.11. The SMILES string of the molecule is COc1cc(NC(=O)c2ccc(OC)c(Br)c2)cc(OC)c1. The second kappa shape index (κ2) is 7.17. The van der Waals surface area contributed by atoms with Gasteiger partial charge in [-0.2, -0.15) is 0 Å². The highest BCUT2D eigenvalue weighted by Crippen LogP contribution is 2.28. The summed E-state index contributed by atoms with van der Waals surface area (Å²) in [5, 5.41) is 2.81. The third-order valence-electron chi connectivity index (χ3n) is 3.02. The lowest BCUT2D eigenvalue weighted by atomic mass is 10.2. The van der Waals surface area contributed by atoms with Crippen molar-refractivity contribution in [1.82, 2.24) is 0 Å². The molecule has 0 aliphatic rings. The molecule has 0 spiro atoms. The second-order valence-electron chi connectivity index (χ2n) is 4.40. The minimum Gasteiger partial charge on any atom is -0.497 e. The van der Waals surface area contributed by atoms with Gasteiger partial charge in [0.05, 0.1) is 25.8 Å². The normalized spacial score (nSPS) is 10.0. The Hall–Kier alpha value is -2.21. The Bertz CT molecular complexity index is 666. The molecule has 0 atom stereocenters. The molecule has 0 fully saturated rings. The first-order valence-corrected chi connectivity index (χ1v) is 7.24. The lowest BCUT2D eigenvalue weighted by Gasteiger charge is -2.10. The van der Waals surface area contributed by atoms with Crippen LogP contribution in [0.1, 0.15) is 10.4 Å². The summed E-state index contributed by atoms with van der Waals surface area (Å²) in [6.07, 6.45) is 0. The Balaban J connectivity index is 2.23. The molecule has 0 heterocycles. The molecule has 22 heavy (non-hydrogen) atoms. The molecular formula is C16H16BrNO4. The van der Waals surface area contributed by atoms with Crippen molar-refractivity contribution in [2.75, 3.05) is 26.6 Å². The zero-order valence-electron chi connectivity index (χ0n) is 12.5. The van der Waals surface area contributed by atoms with E-state index in [1.165, 1.54) is 0 Å². The van der Waals surface area contributed by atoms with Crippen LogP contribution in [0.25, 0.3) is 0 Å². The number of carbonyl (C=O) groups is 1. The van der Waals surface area contributed by atoms with Crippen molar-refractivity contribution in [3.8, 4) is 17.2 Å². The van der Waals surface area contributed by atoms with E-state index in [1.54, 1.807) is 57.7 Å². The summed E-state index contributed by atoms with van der Waals surface area (Å²) in [5.74, 6) is 1.63. The van der Waals surface area contributed by atoms with Crippen molar-refractivity contribution in [2.45, 2.75) is 0 Å². The van der Waals surface area contributed by atoms with Crippen molar-refractivity contribution in [3.05, 3.63) is 46.4 Å². The molecule has 116 valence electrons. The number of halogens is 1. The van der Waals surface area contributed by atoms with E-state index < -0.39 is 0 Å². The maximum atomic E-state index is 12.3. The fourth-order valence-corrected chi connectivity index (χ4v) is 2.43. The van der Waals surface area contributed by atoms with Gasteiger partial charge in [0.25, 0.3) is 5.91 Å². The lowest BCUT2D eigenvalue weighted by molar-refractivity contribution is 0.102. The summed E-state index contributed by atoms with van der Waals surface area (Å²) >= 11 is 3.36. The summed E-state index contributed by atoms with van der Waals surface area (Å²) in [6, 6.07) is 10.3. The maximum absolute atomic E-state index is 12.3. The molecule has 6 heteroatoms. The minimum absolute atomic E-state index is 0.237. The number of methoxy groups -OCH3 is 3. The van der Waals surface area contributed by atoms with E-state index in [9.17, 15) is 4.79 Å². The first-order valence-electron chi connectivity index (χ1n) is 6.45. The van der Waals surface area contributed by atoms with Gasteiger partial charge in [-0.05, 0) is 34.1 Å². The van der Waals surface area contributed by atoms with Gasteiger partial charge >= 0.3 is 0 Å². The third kappa shape index (κ3) is 3.71. The van der Waals surface area contributed by atoms with E-state index in [-0.39, 0.29) is 5.91 Å². The number of nitrogens with one attached hydrogen (secondary N) is 1. The molecule has 2 aromatic rings. The van der Waals surface area contributed by atoms with E-state index in [0.29, 0.717) is 33.0 Å². The number of hydrogen-bond donors (Lipinski definition) is 1. The molecule has 2 rings (SSSR count). The van der Waals surface area contributed by atoms with Crippen LogP contribution in [0.2, 0.25) is 0 Å². The molecule has 1 amide bonds. The van der Waals surface area contributed by atoms with Gasteiger partial charge in [-0.15, -0.1) is 0 Å². The van der Waals surface area contributed by atoms with Crippen molar-refractivity contribution in [2.24, 2.45) is 0 Å². The summed E-state index contributed by atoms with van der Waals surface area (Å²) < 4.78 is 16.2. The number of rotatable bonds is 5. The number of anilines is 1. The number of carbonyl (C=O) groups excluding carboxylic acids is 1. The van der Waals surface area contributed by atoms with Crippen LogP contribution in [0.5, 0.6) is 17.2 Å². The van der Waals surface area contributed by atoms with E-state index in [2.05, 4.69) is 21.2 Å². The molecule has 0 unspecified atom stereocenters. The van der Waals surface area contributed by atoms with Crippen LogP contribution < -0.4 is 19.5 Å². The predicted octanol–water partition coefficient (Wildman–Crippen LogP) is 3.73. The monoisotopic (exact) mass is 365 g/mol. The maximum Gasteiger partial charge on any atom is 0.255 e. The summed E-state index contributed by atoms with van der Waals surface area (Å²) in [4.78, 5) is 12.3. The van der Waals surface area contributed by atoms with Gasteiger partial charge in [-0.3, -0.25) is 4.79 Å². The van der Waals surface area contributed by atoms with Gasteiger partial charge in [0.2, 0.25) is 0 Å². The van der Waals surface area contributed by atoms with E-state index in [4.69, 9.17) is 14.2 Å². The quantitative estimate of drug-likeness (QED) is 0.876. The number of amides is 1. The van der Waals surface area contributed by atoms with Crippen molar-refractivity contribution >= 4 is 27.5 Å². The smallest absolute Gasteiger partial charge is 0.255 e. The zero-order valence-corrected chi connectivity index (χ0v) is 14.1. The standard InChI is InChI=1S/C16H16BrNO4/c1-20-12-7-11(8-13(9-12)21-2)18-16(19)10-4-5-15(22-3)14(17)6-10/h4-9H,1-3H3,(H,18,19). The van der Waals surface area contributed by atoms with Crippen LogP contribution in [0.3, 0.4) is 0 Å². The Morgan fingerprint density at radius 3 is 2.09 bits per heavy atom. The van der Waals surface area contributed by atoms with Crippen LogP contribution in [0, 0.1) is 0 Å². The average molecular weight is 366 g/mol. The zero-order chi connectivity index (χ0) is 16.1. The van der Waals surface area contributed by atoms with Gasteiger partial charge in [-0.25, -0.2) is 0 Å². The fraction of sp³-hybridized carbons (Fsp3) is 0.188. The molecule has 0 saturated heterocycles. The van der Waals surface area contributed by atoms with Gasteiger partial charge in [0.15, 0.2) is 0 Å². The Morgan fingerprint density at radius 1 is 0.955 bits per heavy atom. The van der Waals surface area contributed by atoms with Crippen LogP contribution >= 0.6 is 15.9 Å². The molecule has 1 N–H and O–H groups in total. The minimum atomic E-state index is -0.237. The first-order chi connectivity index (χ1) is 10.6. The molecule has 2 aromatic carbocycles. The van der Waals surface area contributed by atoms with Crippen molar-refractivity contribution in [3.63, 3.8) is 0 Å². The predicted molar refractivity (Wildman–Crippen MR) is 88.2 cm³/mol. The topological polar surface area (TPSA) is 56.8 Å². The van der Waals surface area contributed by atoms with Gasteiger partial charge < -0.3 is 19.5 Å². The van der Waals surface area contributed by atoms with Gasteiger partial charge in [0, 0.05) is 29.4 Å². The van der Waals surface area contributed by atoms with E-state index in [0.717, 1.165) is 0 Å².